The Bertz CT molecular complexity index is 1190. The quantitative estimate of drug-likeness (QED) is 0.406. The van der Waals surface area contributed by atoms with Crippen molar-refractivity contribution in [2.45, 2.75) is 13.3 Å². The number of phenols is 1. The number of fused-ring (bicyclic) bond motifs is 2. The van der Waals surface area contributed by atoms with Gasteiger partial charge in [0.15, 0.2) is 11.4 Å². The molecule has 27 heavy (non-hydrogen) atoms. The van der Waals surface area contributed by atoms with E-state index in [9.17, 15) is 29.4 Å². The van der Waals surface area contributed by atoms with Crippen LogP contribution in [0.4, 0.5) is 0 Å². The molecule has 3 rings (SSSR count). The summed E-state index contributed by atoms with van der Waals surface area (Å²) in [6.45, 7) is 1.21. The van der Waals surface area contributed by atoms with Gasteiger partial charge in [-0.1, -0.05) is 6.07 Å². The van der Waals surface area contributed by atoms with Crippen molar-refractivity contribution < 1.29 is 33.8 Å². The van der Waals surface area contributed by atoms with Crippen molar-refractivity contribution in [2.24, 2.45) is 0 Å². The van der Waals surface area contributed by atoms with E-state index in [-0.39, 0.29) is 45.2 Å². The van der Waals surface area contributed by atoms with Gasteiger partial charge >= 0.3 is 11.9 Å². The number of carbonyl (C=O) groups excluding carboxylic acids is 2. The fourth-order valence-corrected chi connectivity index (χ4v) is 3.03. The number of methoxy groups -OCH3 is 1. The summed E-state index contributed by atoms with van der Waals surface area (Å²) in [5, 5.41) is 19.0. The molecule has 0 saturated heterocycles. The molecule has 8 heteroatoms. The van der Waals surface area contributed by atoms with Gasteiger partial charge in [0.2, 0.25) is 5.43 Å². The normalized spacial score (nSPS) is 10.9. The number of carboxylic acid groups (broad SMARTS) is 1. The van der Waals surface area contributed by atoms with Crippen molar-refractivity contribution in [3.63, 3.8) is 0 Å². The first-order valence-electron chi connectivity index (χ1n) is 7.81. The molecule has 0 saturated carbocycles. The Morgan fingerprint density at radius 2 is 1.89 bits per heavy atom. The third-order valence-corrected chi connectivity index (χ3v) is 4.18. The summed E-state index contributed by atoms with van der Waals surface area (Å²) in [7, 11) is 1.16. The Morgan fingerprint density at radius 3 is 2.48 bits per heavy atom. The van der Waals surface area contributed by atoms with E-state index >= 15 is 0 Å². The van der Waals surface area contributed by atoms with Gasteiger partial charge in [-0.05, 0) is 30.7 Å². The Balaban J connectivity index is 2.59. The average molecular weight is 370 g/mol. The standard InChI is InChI=1S/C19H14O8/c1-8(20)14-9(7-13(22)26-2)6-10(19(24)25)15-17(23)16-11(21)4-3-5-12(16)27-18(14)15/h3-6,21H,7H2,1-2H3,(H,24,25). The third kappa shape index (κ3) is 2.91. The van der Waals surface area contributed by atoms with Crippen molar-refractivity contribution in [3.05, 3.63) is 51.2 Å². The van der Waals surface area contributed by atoms with Crippen LogP contribution in [-0.2, 0) is 16.0 Å². The van der Waals surface area contributed by atoms with Crippen molar-refractivity contribution in [1.82, 2.24) is 0 Å². The Morgan fingerprint density at radius 1 is 1.19 bits per heavy atom. The predicted octanol–water partition coefficient (Wildman–Crippen LogP) is 2.27. The summed E-state index contributed by atoms with van der Waals surface area (Å²) in [6, 6.07) is 5.20. The van der Waals surface area contributed by atoms with Gasteiger partial charge < -0.3 is 19.4 Å². The second-order valence-electron chi connectivity index (χ2n) is 5.86. The molecule has 0 spiro atoms. The van der Waals surface area contributed by atoms with E-state index in [4.69, 9.17) is 4.42 Å². The molecule has 0 amide bonds. The number of carboxylic acids is 1. The third-order valence-electron chi connectivity index (χ3n) is 4.18. The van der Waals surface area contributed by atoms with Crippen LogP contribution < -0.4 is 5.43 Å². The lowest BCUT2D eigenvalue weighted by Crippen LogP contribution is -2.15. The number of ketones is 1. The lowest BCUT2D eigenvalue weighted by molar-refractivity contribution is -0.139. The molecule has 0 aliphatic rings. The zero-order valence-electron chi connectivity index (χ0n) is 14.4. The summed E-state index contributed by atoms with van der Waals surface area (Å²) in [5.74, 6) is -3.02. The summed E-state index contributed by atoms with van der Waals surface area (Å²) >= 11 is 0. The van der Waals surface area contributed by atoms with Crippen LogP contribution in [0.2, 0.25) is 0 Å². The molecule has 0 unspecified atom stereocenters. The average Bonchev–Trinajstić information content (AvgIpc) is 2.60. The Kier molecular flexibility index (Phi) is 4.40. The topological polar surface area (TPSA) is 131 Å². The van der Waals surface area contributed by atoms with Gasteiger partial charge in [-0.3, -0.25) is 14.4 Å². The fraction of sp³-hybridized carbons (Fsp3) is 0.158. The van der Waals surface area contributed by atoms with E-state index in [1.165, 1.54) is 25.1 Å². The minimum absolute atomic E-state index is 0.0124. The highest BCUT2D eigenvalue weighted by Gasteiger charge is 2.26. The molecule has 0 aliphatic heterocycles. The number of hydrogen-bond acceptors (Lipinski definition) is 7. The molecule has 0 atom stereocenters. The van der Waals surface area contributed by atoms with Crippen LogP contribution in [0.25, 0.3) is 21.9 Å². The number of esters is 1. The molecule has 1 heterocycles. The van der Waals surface area contributed by atoms with Gasteiger partial charge in [-0.25, -0.2) is 4.79 Å². The first-order chi connectivity index (χ1) is 12.8. The first kappa shape index (κ1) is 18.1. The first-order valence-corrected chi connectivity index (χ1v) is 7.81. The van der Waals surface area contributed by atoms with Gasteiger partial charge in [-0.15, -0.1) is 0 Å². The molecule has 0 fully saturated rings. The van der Waals surface area contributed by atoms with Crippen molar-refractivity contribution in [2.75, 3.05) is 7.11 Å². The van der Waals surface area contributed by atoms with Gasteiger partial charge in [-0.2, -0.15) is 0 Å². The molecular weight excluding hydrogens is 356 g/mol. The lowest BCUT2D eigenvalue weighted by atomic mass is 9.93. The lowest BCUT2D eigenvalue weighted by Gasteiger charge is -2.13. The fourth-order valence-electron chi connectivity index (χ4n) is 3.03. The van der Waals surface area contributed by atoms with Crippen LogP contribution in [0.5, 0.6) is 5.75 Å². The van der Waals surface area contributed by atoms with E-state index in [0.29, 0.717) is 0 Å². The smallest absolute Gasteiger partial charge is 0.336 e. The number of rotatable bonds is 4. The summed E-state index contributed by atoms with van der Waals surface area (Å²) in [4.78, 5) is 48.6. The molecule has 0 radical (unpaired) electrons. The van der Waals surface area contributed by atoms with Crippen LogP contribution in [0.15, 0.2) is 33.5 Å². The highest BCUT2D eigenvalue weighted by atomic mass is 16.5. The minimum Gasteiger partial charge on any atom is -0.507 e. The zero-order chi connectivity index (χ0) is 19.9. The number of Topliss-reactive ketones (excluding diaryl/α,β-unsaturated/α-hetero) is 1. The minimum atomic E-state index is -1.44. The van der Waals surface area contributed by atoms with Gasteiger partial charge in [0.1, 0.15) is 16.7 Å². The molecule has 138 valence electrons. The number of hydrogen-bond donors (Lipinski definition) is 2. The molecule has 8 nitrogen and oxygen atoms in total. The molecule has 0 aliphatic carbocycles. The Hall–Kier alpha value is -3.68. The number of phenolic OH excluding ortho intramolecular Hbond substituents is 1. The summed E-state index contributed by atoms with van der Waals surface area (Å²) in [6.07, 6.45) is -0.372. The number of carbonyl (C=O) groups is 3. The van der Waals surface area contributed by atoms with Gasteiger partial charge in [0, 0.05) is 0 Å². The molecular formula is C19H14O8. The van der Waals surface area contributed by atoms with E-state index in [0.717, 1.165) is 13.2 Å². The highest BCUT2D eigenvalue weighted by Crippen LogP contribution is 2.31. The Labute approximate surface area is 151 Å². The van der Waals surface area contributed by atoms with E-state index < -0.39 is 28.7 Å². The molecule has 0 bridgehead atoms. The van der Waals surface area contributed by atoms with Crippen LogP contribution in [0.3, 0.4) is 0 Å². The number of aromatic hydroxyl groups is 1. The molecule has 3 aromatic rings. The van der Waals surface area contributed by atoms with Crippen LogP contribution >= 0.6 is 0 Å². The van der Waals surface area contributed by atoms with Gasteiger partial charge in [0.05, 0.1) is 30.0 Å². The molecule has 1 aromatic heterocycles. The predicted molar refractivity (Wildman–Crippen MR) is 94.3 cm³/mol. The molecule has 2 aromatic carbocycles. The summed E-state index contributed by atoms with van der Waals surface area (Å²) < 4.78 is 10.2. The van der Waals surface area contributed by atoms with E-state index in [1.54, 1.807) is 0 Å². The number of aromatic carboxylic acids is 1. The molecule has 2 N–H and O–H groups in total. The van der Waals surface area contributed by atoms with Gasteiger partial charge in [0.25, 0.3) is 0 Å². The number of benzene rings is 2. The maximum atomic E-state index is 12.9. The largest absolute Gasteiger partial charge is 0.507 e. The number of ether oxygens (including phenoxy) is 1. The maximum Gasteiger partial charge on any atom is 0.336 e. The zero-order valence-corrected chi connectivity index (χ0v) is 14.4. The van der Waals surface area contributed by atoms with E-state index in [1.807, 2.05) is 0 Å². The second kappa shape index (κ2) is 6.56. The maximum absolute atomic E-state index is 12.9. The second-order valence-corrected chi connectivity index (χ2v) is 5.86. The van der Waals surface area contributed by atoms with E-state index in [2.05, 4.69) is 4.74 Å². The van der Waals surface area contributed by atoms with Crippen LogP contribution in [0, 0.1) is 0 Å². The van der Waals surface area contributed by atoms with Crippen molar-refractivity contribution in [3.8, 4) is 5.75 Å². The summed E-state index contributed by atoms with van der Waals surface area (Å²) in [5.41, 5.74) is -1.49. The monoisotopic (exact) mass is 370 g/mol. The van der Waals surface area contributed by atoms with Crippen LogP contribution in [0.1, 0.15) is 33.2 Å². The van der Waals surface area contributed by atoms with Crippen molar-refractivity contribution >= 4 is 39.7 Å². The van der Waals surface area contributed by atoms with Crippen molar-refractivity contribution in [1.29, 1.82) is 0 Å². The highest BCUT2D eigenvalue weighted by molar-refractivity contribution is 6.14. The van der Waals surface area contributed by atoms with Crippen LogP contribution in [-0.4, -0.2) is 35.0 Å². The SMILES string of the molecule is COC(=O)Cc1cc(C(=O)O)c2c(=O)c3c(O)cccc3oc2c1C(C)=O.